The molecule has 0 saturated carbocycles. The molecule has 0 amide bonds. The predicted octanol–water partition coefficient (Wildman–Crippen LogP) is 2.51. The summed E-state index contributed by atoms with van der Waals surface area (Å²) >= 11 is 0. The van der Waals surface area contributed by atoms with E-state index >= 15 is 0 Å². The highest BCUT2D eigenvalue weighted by Crippen LogP contribution is 2.19. The second-order valence-electron chi connectivity index (χ2n) is 4.28. The van der Waals surface area contributed by atoms with E-state index in [0.717, 1.165) is 16.5 Å². The molecule has 0 atom stereocenters. The molecule has 1 N–H and O–H groups in total. The molecule has 96 valence electrons. The summed E-state index contributed by atoms with van der Waals surface area (Å²) in [7, 11) is 0. The number of rotatable bonds is 3. The zero-order valence-electron chi connectivity index (χ0n) is 10.6. The van der Waals surface area contributed by atoms with Crippen molar-refractivity contribution >= 4 is 16.7 Å². The van der Waals surface area contributed by atoms with Gasteiger partial charge in [-0.05, 0) is 23.8 Å². The standard InChI is InChI=1S/C15H11N5/c16-7-13-6-12-3-5-18-10-14(12)20-15(13)19-9-11-2-1-4-17-8-11/h1-6,8,10H,9H2,(H,19,20). The van der Waals surface area contributed by atoms with Gasteiger partial charge in [0.1, 0.15) is 11.9 Å². The van der Waals surface area contributed by atoms with Gasteiger partial charge in [0.25, 0.3) is 0 Å². The third kappa shape index (κ3) is 2.40. The Morgan fingerprint density at radius 2 is 2.05 bits per heavy atom. The Morgan fingerprint density at radius 3 is 2.85 bits per heavy atom. The Labute approximate surface area is 116 Å². The molecule has 0 aliphatic carbocycles. The fraction of sp³-hybridized carbons (Fsp3) is 0.0667. The molecule has 0 unspecified atom stereocenters. The minimum absolute atomic E-state index is 0.521. The van der Waals surface area contributed by atoms with Crippen molar-refractivity contribution in [1.29, 1.82) is 5.26 Å². The molecule has 3 aromatic rings. The molecule has 0 fully saturated rings. The van der Waals surface area contributed by atoms with Crippen molar-refractivity contribution < 1.29 is 0 Å². The van der Waals surface area contributed by atoms with Crippen LogP contribution in [0.15, 0.2) is 49.1 Å². The SMILES string of the molecule is N#Cc1cc2ccncc2nc1NCc1cccnc1. The van der Waals surface area contributed by atoms with Crippen LogP contribution < -0.4 is 5.32 Å². The average Bonchev–Trinajstić information content (AvgIpc) is 2.53. The maximum absolute atomic E-state index is 9.22. The van der Waals surface area contributed by atoms with Gasteiger partial charge < -0.3 is 5.32 Å². The number of nitrogens with one attached hydrogen (secondary N) is 1. The summed E-state index contributed by atoms with van der Waals surface area (Å²) in [5.74, 6) is 0.567. The smallest absolute Gasteiger partial charge is 0.145 e. The Hall–Kier alpha value is -3.00. The Morgan fingerprint density at radius 1 is 1.15 bits per heavy atom. The van der Waals surface area contributed by atoms with Gasteiger partial charge in [0, 0.05) is 30.5 Å². The van der Waals surface area contributed by atoms with Gasteiger partial charge in [-0.2, -0.15) is 5.26 Å². The molecule has 20 heavy (non-hydrogen) atoms. The first-order valence-electron chi connectivity index (χ1n) is 6.14. The largest absolute Gasteiger partial charge is 0.365 e. The summed E-state index contributed by atoms with van der Waals surface area (Å²) in [5, 5.41) is 13.3. The molecule has 0 aliphatic rings. The Kier molecular flexibility index (Phi) is 3.21. The van der Waals surface area contributed by atoms with Gasteiger partial charge in [-0.15, -0.1) is 0 Å². The van der Waals surface area contributed by atoms with Crippen LogP contribution in [0.3, 0.4) is 0 Å². The first-order valence-corrected chi connectivity index (χ1v) is 6.14. The minimum Gasteiger partial charge on any atom is -0.365 e. The van der Waals surface area contributed by atoms with Crippen molar-refractivity contribution in [2.45, 2.75) is 6.54 Å². The molecule has 0 radical (unpaired) electrons. The topological polar surface area (TPSA) is 74.5 Å². The highest BCUT2D eigenvalue weighted by Gasteiger charge is 2.06. The fourth-order valence-electron chi connectivity index (χ4n) is 1.93. The third-order valence-corrected chi connectivity index (χ3v) is 2.92. The van der Waals surface area contributed by atoms with E-state index in [1.165, 1.54) is 0 Å². The lowest BCUT2D eigenvalue weighted by atomic mass is 10.2. The molecule has 0 spiro atoms. The molecule has 3 aromatic heterocycles. The van der Waals surface area contributed by atoms with Crippen LogP contribution in [-0.4, -0.2) is 15.0 Å². The van der Waals surface area contributed by atoms with Crippen LogP contribution in [0.4, 0.5) is 5.82 Å². The van der Waals surface area contributed by atoms with Gasteiger partial charge >= 0.3 is 0 Å². The molecule has 3 heterocycles. The predicted molar refractivity (Wildman–Crippen MR) is 75.8 cm³/mol. The summed E-state index contributed by atoms with van der Waals surface area (Å²) < 4.78 is 0. The molecule has 3 rings (SSSR count). The van der Waals surface area contributed by atoms with Crippen molar-refractivity contribution in [3.8, 4) is 6.07 Å². The second kappa shape index (κ2) is 5.33. The Bertz CT molecular complexity index is 777. The lowest BCUT2D eigenvalue weighted by Gasteiger charge is -2.08. The van der Waals surface area contributed by atoms with E-state index in [9.17, 15) is 5.26 Å². The van der Waals surface area contributed by atoms with Crippen LogP contribution in [0.2, 0.25) is 0 Å². The highest BCUT2D eigenvalue weighted by atomic mass is 15.0. The van der Waals surface area contributed by atoms with Gasteiger partial charge in [0.05, 0.1) is 17.3 Å². The van der Waals surface area contributed by atoms with Crippen LogP contribution in [0.5, 0.6) is 0 Å². The molecule has 0 aromatic carbocycles. The van der Waals surface area contributed by atoms with Gasteiger partial charge in [0.2, 0.25) is 0 Å². The number of nitriles is 1. The van der Waals surface area contributed by atoms with Crippen LogP contribution in [0, 0.1) is 11.3 Å². The summed E-state index contributed by atoms with van der Waals surface area (Å²) in [4.78, 5) is 12.5. The maximum atomic E-state index is 9.22. The molecule has 0 bridgehead atoms. The van der Waals surface area contributed by atoms with Crippen molar-refractivity contribution in [3.63, 3.8) is 0 Å². The molecular weight excluding hydrogens is 250 g/mol. The van der Waals surface area contributed by atoms with E-state index in [-0.39, 0.29) is 0 Å². The number of anilines is 1. The Balaban J connectivity index is 1.92. The average molecular weight is 261 g/mol. The first kappa shape index (κ1) is 12.1. The quantitative estimate of drug-likeness (QED) is 0.784. The number of hydrogen-bond acceptors (Lipinski definition) is 5. The maximum Gasteiger partial charge on any atom is 0.145 e. The summed E-state index contributed by atoms with van der Waals surface area (Å²) in [6.07, 6.45) is 6.88. The van der Waals surface area contributed by atoms with E-state index in [4.69, 9.17) is 0 Å². The van der Waals surface area contributed by atoms with Gasteiger partial charge in [-0.1, -0.05) is 6.07 Å². The summed E-state index contributed by atoms with van der Waals surface area (Å²) in [6.45, 7) is 0.571. The first-order chi connectivity index (χ1) is 9.86. The normalized spacial score (nSPS) is 10.2. The monoisotopic (exact) mass is 261 g/mol. The van der Waals surface area contributed by atoms with Crippen molar-refractivity contribution in [3.05, 3.63) is 60.2 Å². The number of nitrogens with zero attached hydrogens (tertiary/aromatic N) is 4. The molecule has 5 heteroatoms. The van der Waals surface area contributed by atoms with Crippen LogP contribution in [0.1, 0.15) is 11.1 Å². The van der Waals surface area contributed by atoms with Crippen LogP contribution >= 0.6 is 0 Å². The third-order valence-electron chi connectivity index (χ3n) is 2.92. The molecule has 0 saturated heterocycles. The fourth-order valence-corrected chi connectivity index (χ4v) is 1.93. The summed E-state index contributed by atoms with van der Waals surface area (Å²) in [5.41, 5.74) is 2.32. The van der Waals surface area contributed by atoms with E-state index in [2.05, 4.69) is 26.3 Å². The van der Waals surface area contributed by atoms with E-state index in [1.54, 1.807) is 24.8 Å². The van der Waals surface area contributed by atoms with Crippen molar-refractivity contribution in [2.75, 3.05) is 5.32 Å². The zero-order valence-corrected chi connectivity index (χ0v) is 10.6. The van der Waals surface area contributed by atoms with Crippen molar-refractivity contribution in [1.82, 2.24) is 15.0 Å². The zero-order chi connectivity index (χ0) is 13.8. The number of fused-ring (bicyclic) bond motifs is 1. The van der Waals surface area contributed by atoms with Gasteiger partial charge in [-0.25, -0.2) is 4.98 Å². The summed E-state index contributed by atoms with van der Waals surface area (Å²) in [6, 6.07) is 9.66. The van der Waals surface area contributed by atoms with Crippen LogP contribution in [0.25, 0.3) is 10.9 Å². The molecular formula is C15H11N5. The minimum atomic E-state index is 0.521. The number of pyridine rings is 3. The highest BCUT2D eigenvalue weighted by molar-refractivity contribution is 5.81. The van der Waals surface area contributed by atoms with Crippen molar-refractivity contribution in [2.24, 2.45) is 0 Å². The molecule has 0 aliphatic heterocycles. The lowest BCUT2D eigenvalue weighted by molar-refractivity contribution is 1.09. The number of hydrogen-bond donors (Lipinski definition) is 1. The molecule has 5 nitrogen and oxygen atoms in total. The van der Waals surface area contributed by atoms with E-state index in [0.29, 0.717) is 17.9 Å². The number of aromatic nitrogens is 3. The van der Waals surface area contributed by atoms with E-state index < -0.39 is 0 Å². The van der Waals surface area contributed by atoms with Gasteiger partial charge in [0.15, 0.2) is 0 Å². The van der Waals surface area contributed by atoms with Crippen LogP contribution in [-0.2, 0) is 6.54 Å². The lowest BCUT2D eigenvalue weighted by Crippen LogP contribution is -2.04. The van der Waals surface area contributed by atoms with Gasteiger partial charge in [-0.3, -0.25) is 9.97 Å². The van der Waals surface area contributed by atoms with E-state index in [1.807, 2.05) is 24.3 Å². The second-order valence-corrected chi connectivity index (χ2v) is 4.28.